The molecule has 0 radical (unpaired) electrons. The number of thiophene rings is 1. The molecule has 1 aliphatic heterocycles. The monoisotopic (exact) mass is 181 g/mol. The third-order valence-corrected chi connectivity index (χ3v) is 3.82. The molecule has 1 fully saturated rings. The Labute approximate surface area is 77.8 Å². The third-order valence-electron chi connectivity index (χ3n) is 2.68. The second-order valence-electron chi connectivity index (χ2n) is 3.69. The summed E-state index contributed by atoms with van der Waals surface area (Å²) in [6.07, 6.45) is 3.98. The molecule has 2 heteroatoms. The van der Waals surface area contributed by atoms with Gasteiger partial charge in [0.2, 0.25) is 0 Å². The van der Waals surface area contributed by atoms with Gasteiger partial charge in [-0.1, -0.05) is 6.07 Å². The van der Waals surface area contributed by atoms with Crippen molar-refractivity contribution in [2.45, 2.75) is 31.7 Å². The maximum absolute atomic E-state index is 3.61. The van der Waals surface area contributed by atoms with Gasteiger partial charge in [-0.25, -0.2) is 0 Å². The van der Waals surface area contributed by atoms with E-state index in [0.717, 1.165) is 0 Å². The number of rotatable bonds is 1. The molecule has 1 aromatic heterocycles. The average Bonchev–Trinajstić information content (AvgIpc) is 2.58. The molecule has 0 aliphatic carbocycles. The van der Waals surface area contributed by atoms with E-state index in [9.17, 15) is 0 Å². The first-order valence-electron chi connectivity index (χ1n) is 4.60. The zero-order valence-electron chi connectivity index (χ0n) is 7.47. The van der Waals surface area contributed by atoms with Crippen LogP contribution in [0.2, 0.25) is 0 Å². The molecular formula is C10H15NS. The summed E-state index contributed by atoms with van der Waals surface area (Å²) in [4.78, 5) is 1.49. The number of nitrogens with one attached hydrogen (secondary N) is 1. The van der Waals surface area contributed by atoms with Gasteiger partial charge in [-0.05, 0) is 44.2 Å². The van der Waals surface area contributed by atoms with Crippen LogP contribution in [0.5, 0.6) is 0 Å². The maximum atomic E-state index is 3.61. The van der Waals surface area contributed by atoms with Crippen molar-refractivity contribution in [1.29, 1.82) is 0 Å². The predicted molar refractivity (Wildman–Crippen MR) is 53.5 cm³/mol. The Balaban J connectivity index is 2.19. The molecule has 0 spiro atoms. The highest BCUT2D eigenvalue weighted by molar-refractivity contribution is 7.10. The van der Waals surface area contributed by atoms with Crippen LogP contribution in [0, 0.1) is 0 Å². The molecule has 0 bridgehead atoms. The molecule has 12 heavy (non-hydrogen) atoms. The summed E-state index contributed by atoms with van der Waals surface area (Å²) in [6, 6.07) is 4.38. The second kappa shape index (κ2) is 3.19. The van der Waals surface area contributed by atoms with E-state index in [4.69, 9.17) is 0 Å². The van der Waals surface area contributed by atoms with Crippen LogP contribution in [-0.2, 0) is 5.54 Å². The Morgan fingerprint density at radius 3 is 3.00 bits per heavy atom. The van der Waals surface area contributed by atoms with Crippen LogP contribution in [0.3, 0.4) is 0 Å². The lowest BCUT2D eigenvalue weighted by atomic mass is 9.89. The molecule has 2 rings (SSSR count). The summed E-state index contributed by atoms with van der Waals surface area (Å²) in [7, 11) is 0. The van der Waals surface area contributed by atoms with Crippen LogP contribution < -0.4 is 5.32 Å². The fourth-order valence-corrected chi connectivity index (χ4v) is 2.75. The van der Waals surface area contributed by atoms with Crippen LogP contribution in [0.1, 0.15) is 31.1 Å². The average molecular weight is 181 g/mol. The fourth-order valence-electron chi connectivity index (χ4n) is 1.86. The third kappa shape index (κ3) is 1.41. The van der Waals surface area contributed by atoms with Crippen molar-refractivity contribution in [3.05, 3.63) is 22.4 Å². The molecule has 2 heterocycles. The summed E-state index contributed by atoms with van der Waals surface area (Å²) in [5, 5.41) is 5.77. The Kier molecular flexibility index (Phi) is 2.20. The highest BCUT2D eigenvalue weighted by Crippen LogP contribution is 2.32. The van der Waals surface area contributed by atoms with Gasteiger partial charge >= 0.3 is 0 Å². The molecule has 1 N–H and O–H groups in total. The smallest absolute Gasteiger partial charge is 0.0500 e. The Morgan fingerprint density at radius 1 is 1.50 bits per heavy atom. The molecule has 66 valence electrons. The van der Waals surface area contributed by atoms with Crippen LogP contribution >= 0.6 is 11.3 Å². The van der Waals surface area contributed by atoms with Gasteiger partial charge in [0.05, 0.1) is 0 Å². The van der Waals surface area contributed by atoms with Crippen molar-refractivity contribution in [2.75, 3.05) is 6.54 Å². The minimum absolute atomic E-state index is 0.270. The second-order valence-corrected chi connectivity index (χ2v) is 4.64. The summed E-state index contributed by atoms with van der Waals surface area (Å²) in [5.74, 6) is 0. The van der Waals surface area contributed by atoms with Gasteiger partial charge in [0.1, 0.15) is 0 Å². The van der Waals surface area contributed by atoms with Crippen molar-refractivity contribution < 1.29 is 0 Å². The lowest BCUT2D eigenvalue weighted by Crippen LogP contribution is -2.42. The van der Waals surface area contributed by atoms with Gasteiger partial charge in [-0.15, -0.1) is 11.3 Å². The van der Waals surface area contributed by atoms with Crippen LogP contribution in [0.4, 0.5) is 0 Å². The highest BCUT2D eigenvalue weighted by atomic mass is 32.1. The van der Waals surface area contributed by atoms with Crippen LogP contribution in [0.25, 0.3) is 0 Å². The van der Waals surface area contributed by atoms with Crippen molar-refractivity contribution in [2.24, 2.45) is 0 Å². The van der Waals surface area contributed by atoms with Crippen molar-refractivity contribution in [3.8, 4) is 0 Å². The Bertz CT molecular complexity index is 234. The van der Waals surface area contributed by atoms with Gasteiger partial charge in [-0.2, -0.15) is 0 Å². The van der Waals surface area contributed by atoms with E-state index in [0.29, 0.717) is 0 Å². The molecule has 1 nitrogen and oxygen atoms in total. The molecule has 0 aromatic carbocycles. The number of hydrogen-bond acceptors (Lipinski definition) is 2. The van der Waals surface area contributed by atoms with E-state index in [1.165, 1.54) is 30.7 Å². The zero-order valence-corrected chi connectivity index (χ0v) is 8.29. The van der Waals surface area contributed by atoms with E-state index in [1.807, 2.05) is 11.3 Å². The zero-order chi connectivity index (χ0) is 8.44. The summed E-state index contributed by atoms with van der Waals surface area (Å²) in [6.45, 7) is 3.49. The minimum atomic E-state index is 0.270. The summed E-state index contributed by atoms with van der Waals surface area (Å²) in [5.41, 5.74) is 0.270. The molecule has 1 saturated heterocycles. The van der Waals surface area contributed by atoms with Crippen molar-refractivity contribution in [3.63, 3.8) is 0 Å². The molecular weight excluding hydrogens is 166 g/mol. The number of piperidine rings is 1. The maximum Gasteiger partial charge on any atom is 0.0500 e. The van der Waals surface area contributed by atoms with E-state index < -0.39 is 0 Å². The fraction of sp³-hybridized carbons (Fsp3) is 0.600. The van der Waals surface area contributed by atoms with E-state index in [-0.39, 0.29) is 5.54 Å². The normalized spacial score (nSPS) is 30.4. The van der Waals surface area contributed by atoms with E-state index >= 15 is 0 Å². The molecule has 1 unspecified atom stereocenters. The largest absolute Gasteiger partial charge is 0.307 e. The Hall–Kier alpha value is -0.340. The Morgan fingerprint density at radius 2 is 2.42 bits per heavy atom. The van der Waals surface area contributed by atoms with Gasteiger partial charge < -0.3 is 5.32 Å². The molecule has 0 saturated carbocycles. The number of hydrogen-bond donors (Lipinski definition) is 1. The standard InChI is InChI=1S/C10H15NS/c1-10(6-2-3-7-11-10)9-5-4-8-12-9/h4-5,8,11H,2-3,6-7H2,1H3. The first-order valence-corrected chi connectivity index (χ1v) is 5.48. The van der Waals surface area contributed by atoms with Gasteiger partial charge in [-0.3, -0.25) is 0 Å². The first-order chi connectivity index (χ1) is 5.81. The first kappa shape index (κ1) is 8.27. The van der Waals surface area contributed by atoms with Gasteiger partial charge in [0.25, 0.3) is 0 Å². The topological polar surface area (TPSA) is 12.0 Å². The van der Waals surface area contributed by atoms with Crippen molar-refractivity contribution in [1.82, 2.24) is 5.32 Å². The minimum Gasteiger partial charge on any atom is -0.307 e. The molecule has 0 amide bonds. The molecule has 1 atom stereocenters. The lowest BCUT2D eigenvalue weighted by Gasteiger charge is -2.34. The summed E-state index contributed by atoms with van der Waals surface area (Å²) >= 11 is 1.87. The quantitative estimate of drug-likeness (QED) is 0.702. The lowest BCUT2D eigenvalue weighted by molar-refractivity contribution is 0.289. The highest BCUT2D eigenvalue weighted by Gasteiger charge is 2.28. The van der Waals surface area contributed by atoms with Crippen LogP contribution in [-0.4, -0.2) is 6.54 Å². The summed E-state index contributed by atoms with van der Waals surface area (Å²) < 4.78 is 0. The van der Waals surface area contributed by atoms with Crippen molar-refractivity contribution >= 4 is 11.3 Å². The molecule has 1 aromatic rings. The SMILES string of the molecule is CC1(c2cccs2)CCCCN1. The van der Waals surface area contributed by atoms with Crippen LogP contribution in [0.15, 0.2) is 17.5 Å². The van der Waals surface area contributed by atoms with E-state index in [2.05, 4.69) is 29.8 Å². The predicted octanol–water partition coefficient (Wildman–Crippen LogP) is 2.74. The van der Waals surface area contributed by atoms with E-state index in [1.54, 1.807) is 0 Å². The van der Waals surface area contributed by atoms with Gasteiger partial charge in [0.15, 0.2) is 0 Å². The molecule has 1 aliphatic rings. The van der Waals surface area contributed by atoms with Gasteiger partial charge in [0, 0.05) is 10.4 Å².